The van der Waals surface area contributed by atoms with Gasteiger partial charge >= 0.3 is 5.97 Å². The van der Waals surface area contributed by atoms with Gasteiger partial charge in [0, 0.05) is 9.99 Å². The van der Waals surface area contributed by atoms with Crippen molar-refractivity contribution in [2.75, 3.05) is 0 Å². The third-order valence-electron chi connectivity index (χ3n) is 5.41. The van der Waals surface area contributed by atoms with Crippen molar-refractivity contribution in [3.8, 4) is 0 Å². The number of halogens is 1. The minimum Gasteiger partial charge on any atom is -0.458 e. The van der Waals surface area contributed by atoms with Gasteiger partial charge in [-0.15, -0.1) is 0 Å². The van der Waals surface area contributed by atoms with Gasteiger partial charge in [-0.3, -0.25) is 14.4 Å². The Morgan fingerprint density at radius 2 is 2.25 bits per heavy atom. The van der Waals surface area contributed by atoms with Crippen LogP contribution < -0.4 is 5.73 Å². The van der Waals surface area contributed by atoms with Crippen LogP contribution in [0.15, 0.2) is 24.3 Å². The molecule has 126 valence electrons. The van der Waals surface area contributed by atoms with Crippen LogP contribution >= 0.6 is 22.6 Å². The fraction of sp³-hybridized carbons (Fsp3) is 0.500. The second kappa shape index (κ2) is 4.90. The highest BCUT2D eigenvalue weighted by atomic mass is 127. The molecule has 1 saturated carbocycles. The van der Waals surface area contributed by atoms with Crippen LogP contribution in [0.3, 0.4) is 0 Å². The summed E-state index contributed by atoms with van der Waals surface area (Å²) < 4.78 is 12.2. The van der Waals surface area contributed by atoms with E-state index < -0.39 is 29.6 Å². The number of hydroxylamine groups is 2. The van der Waals surface area contributed by atoms with E-state index in [2.05, 4.69) is 22.6 Å². The van der Waals surface area contributed by atoms with Gasteiger partial charge in [0.2, 0.25) is 0 Å². The maximum absolute atomic E-state index is 12.4. The Bertz CT molecular complexity index is 758. The van der Waals surface area contributed by atoms with Crippen LogP contribution in [0.25, 0.3) is 0 Å². The van der Waals surface area contributed by atoms with E-state index in [-0.39, 0.29) is 18.2 Å². The molecule has 0 unspecified atom stereocenters. The second-order valence-corrected chi connectivity index (χ2v) is 8.01. The van der Waals surface area contributed by atoms with Gasteiger partial charge in [-0.2, -0.15) is 5.06 Å². The van der Waals surface area contributed by atoms with Crippen LogP contribution in [-0.2, 0) is 30.4 Å². The van der Waals surface area contributed by atoms with Crippen molar-refractivity contribution in [1.82, 2.24) is 5.06 Å². The van der Waals surface area contributed by atoms with Crippen LogP contribution in [-0.4, -0.2) is 46.9 Å². The number of primary amides is 1. The summed E-state index contributed by atoms with van der Waals surface area (Å²) in [6.45, 7) is 0.394. The molecule has 3 aliphatic heterocycles. The van der Waals surface area contributed by atoms with Crippen LogP contribution in [0.5, 0.6) is 0 Å². The van der Waals surface area contributed by atoms with Gasteiger partial charge in [0.05, 0.1) is 18.6 Å². The number of ether oxygens (including phenoxy) is 2. The van der Waals surface area contributed by atoms with E-state index in [9.17, 15) is 9.59 Å². The molecule has 3 heterocycles. The highest BCUT2D eigenvalue weighted by Crippen LogP contribution is 2.57. The number of nitrogens with zero attached hydrogens (tertiary/aromatic N) is 1. The number of carbonyl (C=O) groups is 2. The minimum absolute atomic E-state index is 0.122. The highest BCUT2D eigenvalue weighted by molar-refractivity contribution is 14.1. The Morgan fingerprint density at radius 1 is 1.42 bits per heavy atom. The Balaban J connectivity index is 1.52. The number of carbonyl (C=O) groups excluding carboxylic acids is 2. The van der Waals surface area contributed by atoms with E-state index in [0.29, 0.717) is 13.0 Å². The topological polar surface area (TPSA) is 94.4 Å². The van der Waals surface area contributed by atoms with E-state index in [1.54, 1.807) is 5.06 Å². The van der Waals surface area contributed by atoms with E-state index in [4.69, 9.17) is 20.0 Å². The first kappa shape index (κ1) is 15.1. The zero-order valence-electron chi connectivity index (χ0n) is 12.6. The Hall–Kier alpha value is -1.23. The second-order valence-electron chi connectivity index (χ2n) is 6.77. The summed E-state index contributed by atoms with van der Waals surface area (Å²) in [5.41, 5.74) is 5.46. The van der Waals surface area contributed by atoms with Crippen LogP contribution in [0.4, 0.5) is 0 Å². The van der Waals surface area contributed by atoms with Crippen molar-refractivity contribution < 1.29 is 23.9 Å². The lowest BCUT2D eigenvalue weighted by molar-refractivity contribution is -0.227. The molecule has 1 aliphatic carbocycles. The number of esters is 1. The molecule has 24 heavy (non-hydrogen) atoms. The minimum atomic E-state index is -1.22. The SMILES string of the molecule is NC(=O)[C@]12C[C@@H]3O[C@@H]3[C@H]3OC(=O)[C@H]([C@H]31)N(Cc1cccc(I)c1)O2. The van der Waals surface area contributed by atoms with Crippen LogP contribution in [0, 0.1) is 9.49 Å². The summed E-state index contributed by atoms with van der Waals surface area (Å²) in [7, 11) is 0. The molecule has 5 rings (SSSR count). The van der Waals surface area contributed by atoms with Gasteiger partial charge < -0.3 is 15.2 Å². The summed E-state index contributed by atoms with van der Waals surface area (Å²) in [4.78, 5) is 30.7. The number of epoxide rings is 1. The molecule has 4 fully saturated rings. The largest absolute Gasteiger partial charge is 0.458 e. The van der Waals surface area contributed by atoms with Gasteiger partial charge in [0.25, 0.3) is 5.91 Å². The number of nitrogens with two attached hydrogens (primary N) is 1. The molecule has 6 atom stereocenters. The predicted octanol–water partition coefficient (Wildman–Crippen LogP) is 0.344. The molecular weight excluding hydrogens is 427 g/mol. The van der Waals surface area contributed by atoms with Crippen molar-refractivity contribution in [2.24, 2.45) is 11.7 Å². The third-order valence-corrected chi connectivity index (χ3v) is 6.08. The molecule has 1 amide bonds. The molecule has 3 saturated heterocycles. The Morgan fingerprint density at radius 3 is 3.00 bits per heavy atom. The lowest BCUT2D eigenvalue weighted by atomic mass is 9.72. The molecular formula is C16H15IN2O5. The van der Waals surface area contributed by atoms with E-state index in [0.717, 1.165) is 9.13 Å². The zero-order chi connectivity index (χ0) is 16.6. The number of benzene rings is 1. The molecule has 7 nitrogen and oxygen atoms in total. The van der Waals surface area contributed by atoms with Crippen molar-refractivity contribution in [3.05, 3.63) is 33.4 Å². The van der Waals surface area contributed by atoms with E-state index >= 15 is 0 Å². The van der Waals surface area contributed by atoms with Crippen LogP contribution in [0.2, 0.25) is 0 Å². The summed E-state index contributed by atoms with van der Waals surface area (Å²) >= 11 is 2.23. The molecule has 0 spiro atoms. The molecule has 2 N–H and O–H groups in total. The van der Waals surface area contributed by atoms with Gasteiger partial charge in [-0.25, -0.2) is 0 Å². The molecule has 0 aromatic heterocycles. The van der Waals surface area contributed by atoms with Crippen molar-refractivity contribution >= 4 is 34.5 Å². The van der Waals surface area contributed by atoms with E-state index in [1.807, 2.05) is 24.3 Å². The van der Waals surface area contributed by atoms with E-state index in [1.165, 1.54) is 0 Å². The molecule has 0 radical (unpaired) electrons. The van der Waals surface area contributed by atoms with Crippen molar-refractivity contribution in [3.63, 3.8) is 0 Å². The fourth-order valence-electron chi connectivity index (χ4n) is 4.36. The zero-order valence-corrected chi connectivity index (χ0v) is 14.7. The normalized spacial score (nSPS) is 42.4. The monoisotopic (exact) mass is 442 g/mol. The number of amides is 1. The fourth-order valence-corrected chi connectivity index (χ4v) is 4.96. The summed E-state index contributed by atoms with van der Waals surface area (Å²) in [6, 6.07) is 7.29. The lowest BCUT2D eigenvalue weighted by Gasteiger charge is -2.34. The van der Waals surface area contributed by atoms with Crippen molar-refractivity contribution in [1.29, 1.82) is 0 Å². The molecule has 1 aromatic carbocycles. The van der Waals surface area contributed by atoms with Gasteiger partial charge in [-0.05, 0) is 40.3 Å². The molecule has 1 aromatic rings. The average Bonchev–Trinajstić information content (AvgIpc) is 3.09. The first-order valence-electron chi connectivity index (χ1n) is 7.86. The molecule has 4 aliphatic rings. The quantitative estimate of drug-likeness (QED) is 0.413. The lowest BCUT2D eigenvalue weighted by Crippen LogP contribution is -2.57. The smallest absolute Gasteiger partial charge is 0.326 e. The van der Waals surface area contributed by atoms with Gasteiger partial charge in [0.1, 0.15) is 18.2 Å². The average molecular weight is 442 g/mol. The summed E-state index contributed by atoms with van der Waals surface area (Å²) in [5, 5.41) is 1.58. The Labute approximate surface area is 151 Å². The summed E-state index contributed by atoms with van der Waals surface area (Å²) in [5.74, 6) is -1.33. The molecule has 8 heteroatoms. The number of hydrogen-bond donors (Lipinski definition) is 1. The highest BCUT2D eigenvalue weighted by Gasteiger charge is 2.76. The maximum Gasteiger partial charge on any atom is 0.326 e. The summed E-state index contributed by atoms with van der Waals surface area (Å²) in [6.07, 6.45) is -0.320. The Kier molecular flexibility index (Phi) is 3.08. The van der Waals surface area contributed by atoms with Crippen molar-refractivity contribution in [2.45, 2.75) is 42.9 Å². The third kappa shape index (κ3) is 1.94. The number of rotatable bonds is 3. The standard InChI is InChI=1S/C16H15IN2O5/c17-8-3-1-2-7(4-8)6-19-11-10-13(23-14(11)20)12-9(22-12)5-16(10,24-19)15(18)21/h1-4,9-13H,5-6H2,(H2,18,21)/t9-,10+,11-,12-,13-,16-/m0/s1. The van der Waals surface area contributed by atoms with Gasteiger partial charge in [-0.1, -0.05) is 12.1 Å². The maximum atomic E-state index is 12.4. The predicted molar refractivity (Wildman–Crippen MR) is 88.1 cm³/mol. The number of fused-ring (bicyclic) bond motifs is 2. The molecule has 0 bridgehead atoms. The van der Waals surface area contributed by atoms with Crippen LogP contribution in [0.1, 0.15) is 12.0 Å². The first-order chi connectivity index (χ1) is 11.5. The first-order valence-corrected chi connectivity index (χ1v) is 8.93. The van der Waals surface area contributed by atoms with Gasteiger partial charge in [0.15, 0.2) is 5.60 Å². The number of hydrogen-bond acceptors (Lipinski definition) is 6.